The lowest BCUT2D eigenvalue weighted by molar-refractivity contribution is -0.00318. The first-order chi connectivity index (χ1) is 8.41. The van der Waals surface area contributed by atoms with Gasteiger partial charge in [0.15, 0.2) is 0 Å². The van der Waals surface area contributed by atoms with Crippen LogP contribution in [0.5, 0.6) is 0 Å². The Hall–Kier alpha value is -0.230. The molecule has 0 aromatic heterocycles. The van der Waals surface area contributed by atoms with Crippen LogP contribution in [0.15, 0.2) is 0 Å². The fourth-order valence-electron chi connectivity index (χ4n) is 1.06. The molecule has 0 N–H and O–H groups in total. The molecule has 0 fully saturated rings. The molecular weight excluding hydrogens is 227 g/mol. The van der Waals surface area contributed by atoms with E-state index in [2.05, 4.69) is 6.92 Å². The molecule has 4 nitrogen and oxygen atoms in total. The van der Waals surface area contributed by atoms with Crippen LogP contribution in [0, 0.1) is 0 Å². The van der Waals surface area contributed by atoms with Gasteiger partial charge in [-0.2, -0.15) is 0 Å². The van der Waals surface area contributed by atoms with Gasteiger partial charge in [0.05, 0.1) is 46.2 Å². The van der Waals surface area contributed by atoms with Crippen LogP contribution in [0.25, 0.3) is 0 Å². The molecule has 0 amide bonds. The van der Waals surface area contributed by atoms with Gasteiger partial charge in [-0.1, -0.05) is 13.3 Å². The number of hydrogen-bond donors (Lipinski definition) is 0. The van der Waals surface area contributed by atoms with Gasteiger partial charge in [-0.15, -0.1) is 0 Å². The zero-order chi connectivity index (χ0) is 12.6. The van der Waals surface area contributed by atoms with E-state index >= 15 is 0 Å². The van der Waals surface area contributed by atoms with Crippen LogP contribution in [0.2, 0.25) is 0 Å². The maximum atomic E-state index is 11.6. The molecule has 0 unspecified atom stereocenters. The van der Waals surface area contributed by atoms with Gasteiger partial charge in [0.25, 0.3) is 0 Å². The highest BCUT2D eigenvalue weighted by molar-refractivity contribution is 4.36. The summed E-state index contributed by atoms with van der Waals surface area (Å²) in [6.45, 7) is 5.90. The van der Waals surface area contributed by atoms with E-state index in [0.29, 0.717) is 39.6 Å². The Bertz CT molecular complexity index is 122. The first-order valence-corrected chi connectivity index (χ1v) is 6.28. The quantitative estimate of drug-likeness (QED) is 0.442. The van der Waals surface area contributed by atoms with Crippen molar-refractivity contribution in [1.29, 1.82) is 0 Å². The third-order valence-electron chi connectivity index (χ3n) is 1.98. The minimum atomic E-state index is -0.443. The molecule has 0 bridgehead atoms. The van der Waals surface area contributed by atoms with E-state index in [9.17, 15) is 4.39 Å². The number of alkyl halides is 1. The summed E-state index contributed by atoms with van der Waals surface area (Å²) in [5.74, 6) is 0. The first kappa shape index (κ1) is 16.8. The van der Waals surface area contributed by atoms with Crippen molar-refractivity contribution < 1.29 is 23.3 Å². The third-order valence-corrected chi connectivity index (χ3v) is 1.98. The van der Waals surface area contributed by atoms with Gasteiger partial charge in [-0.05, 0) is 6.42 Å². The Balaban J connectivity index is 2.85. The maximum Gasteiger partial charge on any atom is 0.113 e. The fraction of sp³-hybridized carbons (Fsp3) is 1.00. The Morgan fingerprint density at radius 3 is 1.47 bits per heavy atom. The normalized spacial score (nSPS) is 10.9. The summed E-state index contributed by atoms with van der Waals surface area (Å²) < 4.78 is 32.4. The molecule has 0 spiro atoms. The van der Waals surface area contributed by atoms with E-state index in [4.69, 9.17) is 18.9 Å². The fourth-order valence-corrected chi connectivity index (χ4v) is 1.06. The summed E-state index contributed by atoms with van der Waals surface area (Å²) >= 11 is 0. The monoisotopic (exact) mass is 252 g/mol. The van der Waals surface area contributed by atoms with Crippen LogP contribution in [0.1, 0.15) is 19.8 Å². The number of halogens is 1. The standard InChI is InChI=1S/C12H25FO4/c1-2-3-5-14-7-9-16-11-12-17-10-8-15-6-4-13/h2-12H2,1H3. The lowest BCUT2D eigenvalue weighted by atomic mass is 10.4. The summed E-state index contributed by atoms with van der Waals surface area (Å²) in [5, 5.41) is 0. The van der Waals surface area contributed by atoms with Crippen LogP contribution in [0.4, 0.5) is 4.39 Å². The van der Waals surface area contributed by atoms with Crippen molar-refractivity contribution in [1.82, 2.24) is 0 Å². The van der Waals surface area contributed by atoms with Gasteiger partial charge in [0.1, 0.15) is 6.67 Å². The molecule has 0 saturated carbocycles. The van der Waals surface area contributed by atoms with Crippen LogP contribution in [-0.2, 0) is 18.9 Å². The average Bonchev–Trinajstić information content (AvgIpc) is 2.35. The summed E-state index contributed by atoms with van der Waals surface area (Å²) in [6, 6.07) is 0. The number of unbranched alkanes of at least 4 members (excludes halogenated alkanes) is 1. The molecule has 17 heavy (non-hydrogen) atoms. The highest BCUT2D eigenvalue weighted by atomic mass is 19.1. The second-order valence-electron chi connectivity index (χ2n) is 3.49. The van der Waals surface area contributed by atoms with Crippen molar-refractivity contribution in [3.8, 4) is 0 Å². The van der Waals surface area contributed by atoms with Crippen molar-refractivity contribution in [3.05, 3.63) is 0 Å². The zero-order valence-electron chi connectivity index (χ0n) is 10.8. The maximum absolute atomic E-state index is 11.6. The zero-order valence-corrected chi connectivity index (χ0v) is 10.8. The first-order valence-electron chi connectivity index (χ1n) is 6.28. The van der Waals surface area contributed by atoms with Crippen molar-refractivity contribution in [2.75, 3.05) is 59.5 Å². The number of ether oxygens (including phenoxy) is 4. The minimum Gasteiger partial charge on any atom is -0.379 e. The van der Waals surface area contributed by atoms with Crippen molar-refractivity contribution in [2.24, 2.45) is 0 Å². The van der Waals surface area contributed by atoms with Gasteiger partial charge in [0.2, 0.25) is 0 Å². The molecule has 0 aliphatic carbocycles. The van der Waals surface area contributed by atoms with Crippen molar-refractivity contribution in [3.63, 3.8) is 0 Å². The average molecular weight is 252 g/mol. The van der Waals surface area contributed by atoms with Gasteiger partial charge < -0.3 is 18.9 Å². The topological polar surface area (TPSA) is 36.9 Å². The van der Waals surface area contributed by atoms with E-state index in [1.165, 1.54) is 0 Å². The van der Waals surface area contributed by atoms with Gasteiger partial charge >= 0.3 is 0 Å². The van der Waals surface area contributed by atoms with E-state index < -0.39 is 6.67 Å². The van der Waals surface area contributed by atoms with Crippen LogP contribution < -0.4 is 0 Å². The predicted molar refractivity (Wildman–Crippen MR) is 64.2 cm³/mol. The Morgan fingerprint density at radius 2 is 1.06 bits per heavy atom. The minimum absolute atomic E-state index is 0.148. The number of rotatable bonds is 14. The van der Waals surface area contributed by atoms with Crippen LogP contribution >= 0.6 is 0 Å². The summed E-state index contributed by atoms with van der Waals surface area (Å²) in [6.07, 6.45) is 2.25. The summed E-state index contributed by atoms with van der Waals surface area (Å²) in [7, 11) is 0. The lowest BCUT2D eigenvalue weighted by Gasteiger charge is -2.06. The summed E-state index contributed by atoms with van der Waals surface area (Å²) in [4.78, 5) is 0. The lowest BCUT2D eigenvalue weighted by Crippen LogP contribution is -2.12. The smallest absolute Gasteiger partial charge is 0.113 e. The van der Waals surface area contributed by atoms with E-state index in [-0.39, 0.29) is 6.61 Å². The molecule has 0 aromatic carbocycles. The highest BCUT2D eigenvalue weighted by Crippen LogP contribution is 1.88. The Morgan fingerprint density at radius 1 is 0.647 bits per heavy atom. The highest BCUT2D eigenvalue weighted by Gasteiger charge is 1.92. The van der Waals surface area contributed by atoms with E-state index in [0.717, 1.165) is 19.4 Å². The summed E-state index contributed by atoms with van der Waals surface area (Å²) in [5.41, 5.74) is 0. The second kappa shape index (κ2) is 15.8. The van der Waals surface area contributed by atoms with E-state index in [1.54, 1.807) is 0 Å². The molecule has 0 atom stereocenters. The Labute approximate surface area is 103 Å². The van der Waals surface area contributed by atoms with Crippen molar-refractivity contribution >= 4 is 0 Å². The molecule has 0 saturated heterocycles. The van der Waals surface area contributed by atoms with E-state index in [1.807, 2.05) is 0 Å². The van der Waals surface area contributed by atoms with Gasteiger partial charge in [-0.3, -0.25) is 0 Å². The van der Waals surface area contributed by atoms with Crippen LogP contribution in [0.3, 0.4) is 0 Å². The largest absolute Gasteiger partial charge is 0.379 e. The second-order valence-corrected chi connectivity index (χ2v) is 3.49. The third kappa shape index (κ3) is 15.8. The molecule has 0 aliphatic heterocycles. The molecule has 0 aliphatic rings. The SMILES string of the molecule is CCCCOCCOCCOCCOCCF. The molecule has 5 heteroatoms. The predicted octanol–water partition coefficient (Wildman–Crippen LogP) is 1.82. The van der Waals surface area contributed by atoms with Gasteiger partial charge in [-0.25, -0.2) is 4.39 Å². The van der Waals surface area contributed by atoms with Crippen molar-refractivity contribution in [2.45, 2.75) is 19.8 Å². The molecule has 104 valence electrons. The molecule has 0 aromatic rings. The molecule has 0 heterocycles. The molecule has 0 rings (SSSR count). The molecular formula is C12H25FO4. The van der Waals surface area contributed by atoms with Gasteiger partial charge in [0, 0.05) is 6.61 Å². The number of hydrogen-bond acceptors (Lipinski definition) is 4. The van der Waals surface area contributed by atoms with Crippen LogP contribution in [-0.4, -0.2) is 59.5 Å². The molecule has 0 radical (unpaired) electrons. The Kier molecular flexibility index (Phi) is 15.6.